The van der Waals surface area contributed by atoms with E-state index in [2.05, 4.69) is 21.9 Å². The van der Waals surface area contributed by atoms with Gasteiger partial charge in [0.2, 0.25) is 11.9 Å². The summed E-state index contributed by atoms with van der Waals surface area (Å²) in [5.41, 5.74) is 3.17. The molecule has 2 aromatic carbocycles. The standard InChI is InChI=1S/C23H25N5O3/c29-15-19-12-16-4-1-2-5-18(16)14-28(19)23-25-21(17-6-3-7-20(30)13-17)24-22(26-23)27-8-10-31-11-9-27/h1-7,13,19,29-30H,8-12,14-15H2/t19-/m1/s1. The Morgan fingerprint density at radius 1 is 0.935 bits per heavy atom. The van der Waals surface area contributed by atoms with Crippen LogP contribution in [0.5, 0.6) is 5.75 Å². The lowest BCUT2D eigenvalue weighted by atomic mass is 9.94. The number of aromatic nitrogens is 3. The second kappa shape index (κ2) is 8.49. The van der Waals surface area contributed by atoms with Crippen molar-refractivity contribution in [1.29, 1.82) is 0 Å². The molecule has 1 aromatic heterocycles. The van der Waals surface area contributed by atoms with Crippen molar-refractivity contribution < 1.29 is 14.9 Å². The van der Waals surface area contributed by atoms with E-state index in [1.807, 2.05) is 18.2 Å². The molecule has 1 atom stereocenters. The van der Waals surface area contributed by atoms with Gasteiger partial charge in [-0.25, -0.2) is 0 Å². The molecule has 0 bridgehead atoms. The van der Waals surface area contributed by atoms with Gasteiger partial charge in [-0.05, 0) is 29.7 Å². The van der Waals surface area contributed by atoms with Gasteiger partial charge in [-0.15, -0.1) is 0 Å². The molecule has 5 rings (SSSR count). The number of nitrogens with zero attached hydrogens (tertiary/aromatic N) is 5. The second-order valence-electron chi connectivity index (χ2n) is 7.85. The SMILES string of the molecule is OC[C@H]1Cc2ccccc2CN1c1nc(-c2cccc(O)c2)nc(N2CCOCC2)n1. The molecule has 2 aliphatic rings. The largest absolute Gasteiger partial charge is 0.508 e. The zero-order valence-electron chi connectivity index (χ0n) is 17.2. The van der Waals surface area contributed by atoms with Gasteiger partial charge in [0.15, 0.2) is 5.82 Å². The summed E-state index contributed by atoms with van der Waals surface area (Å²) in [4.78, 5) is 18.4. The molecular weight excluding hydrogens is 394 g/mol. The lowest BCUT2D eigenvalue weighted by Gasteiger charge is -2.36. The fourth-order valence-electron chi connectivity index (χ4n) is 4.15. The predicted octanol–water partition coefficient (Wildman–Crippen LogP) is 2.00. The number of hydrogen-bond acceptors (Lipinski definition) is 8. The average Bonchev–Trinajstić information content (AvgIpc) is 2.83. The molecule has 2 N–H and O–H groups in total. The molecule has 1 fully saturated rings. The summed E-state index contributed by atoms with van der Waals surface area (Å²) in [6.07, 6.45) is 0.729. The van der Waals surface area contributed by atoms with Crippen LogP contribution < -0.4 is 9.80 Å². The number of hydrogen-bond donors (Lipinski definition) is 2. The molecule has 0 spiro atoms. The fourth-order valence-corrected chi connectivity index (χ4v) is 4.15. The number of anilines is 2. The highest BCUT2D eigenvalue weighted by molar-refractivity contribution is 5.61. The molecule has 160 valence electrons. The Hall–Kier alpha value is -3.23. The summed E-state index contributed by atoms with van der Waals surface area (Å²) in [6, 6.07) is 15.1. The Labute approximate surface area is 180 Å². The highest BCUT2D eigenvalue weighted by Crippen LogP contribution is 2.30. The van der Waals surface area contributed by atoms with E-state index >= 15 is 0 Å². The van der Waals surface area contributed by atoms with Crippen LogP contribution in [-0.2, 0) is 17.7 Å². The minimum Gasteiger partial charge on any atom is -0.508 e. The molecule has 3 heterocycles. The number of morpholine rings is 1. The van der Waals surface area contributed by atoms with Gasteiger partial charge < -0.3 is 24.7 Å². The number of aromatic hydroxyl groups is 1. The second-order valence-corrected chi connectivity index (χ2v) is 7.85. The van der Waals surface area contributed by atoms with E-state index in [4.69, 9.17) is 19.7 Å². The third-order valence-corrected chi connectivity index (χ3v) is 5.83. The van der Waals surface area contributed by atoms with Crippen LogP contribution in [0.1, 0.15) is 11.1 Å². The number of ether oxygens (including phenoxy) is 1. The third-order valence-electron chi connectivity index (χ3n) is 5.83. The third kappa shape index (κ3) is 4.04. The number of phenolic OH excluding ortho intramolecular Hbond substituents is 1. The zero-order valence-corrected chi connectivity index (χ0v) is 17.2. The first-order valence-corrected chi connectivity index (χ1v) is 10.5. The van der Waals surface area contributed by atoms with Crippen molar-refractivity contribution in [3.63, 3.8) is 0 Å². The van der Waals surface area contributed by atoms with E-state index in [1.54, 1.807) is 18.2 Å². The normalized spacial score (nSPS) is 18.7. The van der Waals surface area contributed by atoms with E-state index in [0.717, 1.165) is 12.0 Å². The monoisotopic (exact) mass is 419 g/mol. The quantitative estimate of drug-likeness (QED) is 0.663. The maximum Gasteiger partial charge on any atom is 0.231 e. The van der Waals surface area contributed by atoms with Gasteiger partial charge in [-0.1, -0.05) is 36.4 Å². The van der Waals surface area contributed by atoms with Gasteiger partial charge in [-0.2, -0.15) is 15.0 Å². The fraction of sp³-hybridized carbons (Fsp3) is 0.348. The molecule has 8 heteroatoms. The van der Waals surface area contributed by atoms with E-state index in [9.17, 15) is 10.2 Å². The minimum atomic E-state index is -0.119. The van der Waals surface area contributed by atoms with Gasteiger partial charge in [0.25, 0.3) is 0 Å². The van der Waals surface area contributed by atoms with Crippen LogP contribution in [-0.4, -0.2) is 64.1 Å². The summed E-state index contributed by atoms with van der Waals surface area (Å²) < 4.78 is 5.48. The molecule has 2 aliphatic heterocycles. The average molecular weight is 419 g/mol. The summed E-state index contributed by atoms with van der Waals surface area (Å²) in [5, 5.41) is 20.1. The Kier molecular flexibility index (Phi) is 5.40. The molecule has 1 saturated heterocycles. The first kappa shape index (κ1) is 19.7. The van der Waals surface area contributed by atoms with Crippen molar-refractivity contribution in [1.82, 2.24) is 15.0 Å². The summed E-state index contributed by atoms with van der Waals surface area (Å²) in [6.45, 7) is 3.28. The molecule has 0 amide bonds. The number of aliphatic hydroxyl groups excluding tert-OH is 1. The molecule has 31 heavy (non-hydrogen) atoms. The van der Waals surface area contributed by atoms with Gasteiger partial charge in [0, 0.05) is 25.2 Å². The van der Waals surface area contributed by atoms with Gasteiger partial charge in [-0.3, -0.25) is 0 Å². The topological polar surface area (TPSA) is 94.8 Å². The smallest absolute Gasteiger partial charge is 0.231 e. The van der Waals surface area contributed by atoms with Crippen molar-refractivity contribution in [3.8, 4) is 17.1 Å². The van der Waals surface area contributed by atoms with Crippen LogP contribution in [0.3, 0.4) is 0 Å². The van der Waals surface area contributed by atoms with E-state index < -0.39 is 0 Å². The molecule has 0 radical (unpaired) electrons. The van der Waals surface area contributed by atoms with Crippen molar-refractivity contribution in [3.05, 3.63) is 59.7 Å². The lowest BCUT2D eigenvalue weighted by Crippen LogP contribution is -2.44. The highest BCUT2D eigenvalue weighted by Gasteiger charge is 2.29. The van der Waals surface area contributed by atoms with Crippen molar-refractivity contribution >= 4 is 11.9 Å². The van der Waals surface area contributed by atoms with Gasteiger partial charge in [0.1, 0.15) is 5.75 Å². The van der Waals surface area contributed by atoms with Crippen LogP contribution >= 0.6 is 0 Å². The van der Waals surface area contributed by atoms with Crippen LogP contribution in [0.2, 0.25) is 0 Å². The maximum atomic E-state index is 10.1. The number of rotatable bonds is 4. The van der Waals surface area contributed by atoms with E-state index in [0.29, 0.717) is 50.6 Å². The van der Waals surface area contributed by atoms with Crippen molar-refractivity contribution in [2.24, 2.45) is 0 Å². The van der Waals surface area contributed by atoms with E-state index in [-0.39, 0.29) is 18.4 Å². The Morgan fingerprint density at radius 3 is 2.48 bits per heavy atom. The summed E-state index contributed by atoms with van der Waals surface area (Å²) in [7, 11) is 0. The summed E-state index contributed by atoms with van der Waals surface area (Å²) >= 11 is 0. The van der Waals surface area contributed by atoms with Gasteiger partial charge in [0.05, 0.1) is 25.9 Å². The molecular formula is C23H25N5O3. The molecule has 3 aromatic rings. The molecule has 0 aliphatic carbocycles. The molecule has 0 saturated carbocycles. The zero-order chi connectivity index (χ0) is 21.2. The number of aliphatic hydroxyl groups is 1. The Bertz CT molecular complexity index is 1070. The van der Waals surface area contributed by atoms with Crippen molar-refractivity contribution in [2.45, 2.75) is 19.0 Å². The summed E-state index contributed by atoms with van der Waals surface area (Å²) in [5.74, 6) is 1.77. The maximum absolute atomic E-state index is 10.1. The Morgan fingerprint density at radius 2 is 1.71 bits per heavy atom. The Balaban J connectivity index is 1.59. The van der Waals surface area contributed by atoms with Gasteiger partial charge >= 0.3 is 0 Å². The minimum absolute atomic E-state index is 0.00830. The van der Waals surface area contributed by atoms with E-state index in [1.165, 1.54) is 11.1 Å². The van der Waals surface area contributed by atoms with Crippen LogP contribution in [0.4, 0.5) is 11.9 Å². The molecule has 0 unspecified atom stereocenters. The number of phenols is 1. The first-order valence-electron chi connectivity index (χ1n) is 10.5. The number of benzene rings is 2. The van der Waals surface area contributed by atoms with Crippen molar-refractivity contribution in [2.75, 3.05) is 42.7 Å². The lowest BCUT2D eigenvalue weighted by molar-refractivity contribution is 0.122. The molecule has 8 nitrogen and oxygen atoms in total. The highest BCUT2D eigenvalue weighted by atomic mass is 16.5. The van der Waals surface area contributed by atoms with Crippen LogP contribution in [0, 0.1) is 0 Å². The predicted molar refractivity (Wildman–Crippen MR) is 117 cm³/mol. The first-order chi connectivity index (χ1) is 15.2. The van der Waals surface area contributed by atoms with Crippen LogP contribution in [0.15, 0.2) is 48.5 Å². The van der Waals surface area contributed by atoms with Crippen LogP contribution in [0.25, 0.3) is 11.4 Å². The number of fused-ring (bicyclic) bond motifs is 1.